The summed E-state index contributed by atoms with van der Waals surface area (Å²) in [6.45, 7) is 6.00. The number of carbonyl (C=O) groups is 2. The van der Waals surface area contributed by atoms with E-state index >= 15 is 0 Å². The molecule has 0 aliphatic heterocycles. The Hall–Kier alpha value is -2.82. The summed E-state index contributed by atoms with van der Waals surface area (Å²) >= 11 is 0. The molecule has 0 radical (unpaired) electrons. The van der Waals surface area contributed by atoms with Gasteiger partial charge in [-0.1, -0.05) is 37.3 Å². The molecule has 0 aliphatic carbocycles. The summed E-state index contributed by atoms with van der Waals surface area (Å²) in [6.07, 6.45) is 0.995. The third-order valence-corrected chi connectivity index (χ3v) is 4.30. The monoisotopic (exact) mass is 339 g/mol. The molecule has 1 unspecified atom stereocenters. The van der Waals surface area contributed by atoms with Crippen LogP contribution in [0.5, 0.6) is 0 Å². The van der Waals surface area contributed by atoms with Crippen molar-refractivity contribution in [1.29, 1.82) is 0 Å². The Labute approximate surface area is 148 Å². The molecule has 0 saturated heterocycles. The fraction of sp³-hybridized carbons (Fsp3) is 0.300. The van der Waals surface area contributed by atoms with E-state index in [0.717, 1.165) is 23.2 Å². The van der Waals surface area contributed by atoms with Crippen molar-refractivity contribution >= 4 is 17.5 Å². The molecule has 2 amide bonds. The molecule has 5 heteroatoms. The zero-order valence-corrected chi connectivity index (χ0v) is 14.9. The van der Waals surface area contributed by atoms with Crippen LogP contribution in [0, 0.1) is 6.92 Å². The molecule has 25 heavy (non-hydrogen) atoms. The van der Waals surface area contributed by atoms with Gasteiger partial charge >= 0.3 is 0 Å². The van der Waals surface area contributed by atoms with Gasteiger partial charge in [0.15, 0.2) is 0 Å². The van der Waals surface area contributed by atoms with Crippen LogP contribution >= 0.6 is 0 Å². The fourth-order valence-electron chi connectivity index (χ4n) is 2.69. The van der Waals surface area contributed by atoms with Crippen molar-refractivity contribution in [2.24, 2.45) is 5.73 Å². The predicted molar refractivity (Wildman–Crippen MR) is 101 cm³/mol. The molecule has 2 aromatic carbocycles. The van der Waals surface area contributed by atoms with E-state index in [9.17, 15) is 9.59 Å². The van der Waals surface area contributed by atoms with E-state index in [-0.39, 0.29) is 18.5 Å². The van der Waals surface area contributed by atoms with Crippen LogP contribution < -0.4 is 16.4 Å². The molecular formula is C20H25N3O2. The lowest BCUT2D eigenvalue weighted by Crippen LogP contribution is -2.32. The third-order valence-electron chi connectivity index (χ3n) is 4.30. The fourth-order valence-corrected chi connectivity index (χ4v) is 2.69. The molecule has 0 aliphatic rings. The molecule has 132 valence electrons. The van der Waals surface area contributed by atoms with E-state index in [2.05, 4.69) is 29.7 Å². The number of nitrogens with two attached hydrogens (primary N) is 1. The number of benzene rings is 2. The highest BCUT2D eigenvalue weighted by Gasteiger charge is 2.12. The van der Waals surface area contributed by atoms with E-state index in [1.54, 1.807) is 19.1 Å². The first-order valence-corrected chi connectivity index (χ1v) is 8.43. The smallest absolute Gasteiger partial charge is 0.249 e. The predicted octanol–water partition coefficient (Wildman–Crippen LogP) is 2.95. The standard InChI is InChI=1S/C20H25N3O2/c1-4-15-8-10-16(11-9-15)14(3)23-19(24)12-22-18-7-5-6-17(13(18)2)20(21)25/h5-11,14,22H,4,12H2,1-3H3,(H2,21,25)(H,23,24). The summed E-state index contributed by atoms with van der Waals surface area (Å²) in [5.41, 5.74) is 9.61. The van der Waals surface area contributed by atoms with Crippen LogP contribution in [0.25, 0.3) is 0 Å². The SMILES string of the molecule is CCc1ccc(C(C)NC(=O)CNc2cccc(C(N)=O)c2C)cc1. The summed E-state index contributed by atoms with van der Waals surface area (Å²) in [6, 6.07) is 13.4. The first kappa shape index (κ1) is 18.5. The number of nitrogens with one attached hydrogen (secondary N) is 2. The summed E-state index contributed by atoms with van der Waals surface area (Å²) < 4.78 is 0. The maximum Gasteiger partial charge on any atom is 0.249 e. The largest absolute Gasteiger partial charge is 0.376 e. The van der Waals surface area contributed by atoms with Crippen molar-refractivity contribution in [3.63, 3.8) is 0 Å². The van der Waals surface area contributed by atoms with Gasteiger partial charge in [0.05, 0.1) is 12.6 Å². The molecule has 0 aromatic heterocycles. The van der Waals surface area contributed by atoms with Crippen molar-refractivity contribution in [2.75, 3.05) is 11.9 Å². The van der Waals surface area contributed by atoms with Gasteiger partial charge in [0.1, 0.15) is 0 Å². The molecule has 0 fully saturated rings. The summed E-state index contributed by atoms with van der Waals surface area (Å²) in [4.78, 5) is 23.6. The molecule has 2 aromatic rings. The second-order valence-corrected chi connectivity index (χ2v) is 6.08. The van der Waals surface area contributed by atoms with Crippen molar-refractivity contribution in [1.82, 2.24) is 5.32 Å². The van der Waals surface area contributed by atoms with Crippen LogP contribution in [0.1, 0.15) is 46.9 Å². The normalized spacial score (nSPS) is 11.6. The average Bonchev–Trinajstić information content (AvgIpc) is 2.60. The zero-order valence-electron chi connectivity index (χ0n) is 14.9. The minimum atomic E-state index is -0.477. The van der Waals surface area contributed by atoms with Crippen LogP contribution in [0.2, 0.25) is 0 Å². The lowest BCUT2D eigenvalue weighted by Gasteiger charge is -2.16. The minimum Gasteiger partial charge on any atom is -0.376 e. The van der Waals surface area contributed by atoms with Gasteiger partial charge in [-0.05, 0) is 49.1 Å². The summed E-state index contributed by atoms with van der Waals surface area (Å²) in [5, 5.41) is 6.03. The first-order chi connectivity index (χ1) is 11.9. The van der Waals surface area contributed by atoms with Gasteiger partial charge in [-0.2, -0.15) is 0 Å². The van der Waals surface area contributed by atoms with E-state index in [1.807, 2.05) is 25.1 Å². The molecule has 0 heterocycles. The molecular weight excluding hydrogens is 314 g/mol. The summed E-state index contributed by atoms with van der Waals surface area (Å²) in [5.74, 6) is -0.592. The number of aryl methyl sites for hydroxylation is 1. The number of hydrogen-bond acceptors (Lipinski definition) is 3. The Bertz CT molecular complexity index is 754. The Morgan fingerprint density at radius 1 is 1.12 bits per heavy atom. The van der Waals surface area contributed by atoms with Crippen LogP contribution in [0.15, 0.2) is 42.5 Å². The van der Waals surface area contributed by atoms with Gasteiger partial charge in [0, 0.05) is 11.3 Å². The van der Waals surface area contributed by atoms with Gasteiger partial charge in [0.25, 0.3) is 0 Å². The lowest BCUT2D eigenvalue weighted by molar-refractivity contribution is -0.120. The van der Waals surface area contributed by atoms with Crippen molar-refractivity contribution in [3.05, 3.63) is 64.7 Å². The van der Waals surface area contributed by atoms with Crippen molar-refractivity contribution < 1.29 is 9.59 Å². The number of hydrogen-bond donors (Lipinski definition) is 3. The molecule has 2 rings (SSSR count). The van der Waals surface area contributed by atoms with Crippen molar-refractivity contribution in [2.45, 2.75) is 33.2 Å². The number of carbonyl (C=O) groups excluding carboxylic acids is 2. The van der Waals surface area contributed by atoms with E-state index in [1.165, 1.54) is 5.56 Å². The van der Waals surface area contributed by atoms with Crippen LogP contribution in [-0.4, -0.2) is 18.4 Å². The second-order valence-electron chi connectivity index (χ2n) is 6.08. The van der Waals surface area contributed by atoms with Gasteiger partial charge in [-0.25, -0.2) is 0 Å². The molecule has 5 nitrogen and oxygen atoms in total. The van der Waals surface area contributed by atoms with Crippen LogP contribution in [-0.2, 0) is 11.2 Å². The van der Waals surface area contributed by atoms with Gasteiger partial charge < -0.3 is 16.4 Å². The molecule has 0 spiro atoms. The highest BCUT2D eigenvalue weighted by molar-refractivity contribution is 5.96. The molecule has 0 saturated carbocycles. The quantitative estimate of drug-likeness (QED) is 0.725. The summed E-state index contributed by atoms with van der Waals surface area (Å²) in [7, 11) is 0. The third kappa shape index (κ3) is 4.83. The zero-order chi connectivity index (χ0) is 18.4. The first-order valence-electron chi connectivity index (χ1n) is 8.43. The second kappa shape index (κ2) is 8.33. The Morgan fingerprint density at radius 2 is 1.80 bits per heavy atom. The van der Waals surface area contributed by atoms with Crippen LogP contribution in [0.4, 0.5) is 5.69 Å². The molecule has 0 bridgehead atoms. The maximum atomic E-state index is 12.2. The minimum absolute atomic E-state index is 0.0711. The lowest BCUT2D eigenvalue weighted by atomic mass is 10.0. The van der Waals surface area contributed by atoms with Crippen molar-refractivity contribution in [3.8, 4) is 0 Å². The van der Waals surface area contributed by atoms with E-state index in [0.29, 0.717) is 5.56 Å². The van der Waals surface area contributed by atoms with Gasteiger partial charge in [-0.15, -0.1) is 0 Å². The van der Waals surface area contributed by atoms with Crippen LogP contribution in [0.3, 0.4) is 0 Å². The number of anilines is 1. The molecule has 4 N–H and O–H groups in total. The number of rotatable bonds is 7. The average molecular weight is 339 g/mol. The molecule has 1 atom stereocenters. The van der Waals surface area contributed by atoms with E-state index < -0.39 is 5.91 Å². The number of amides is 2. The van der Waals surface area contributed by atoms with Gasteiger partial charge in [-0.3, -0.25) is 9.59 Å². The number of primary amides is 1. The topological polar surface area (TPSA) is 84.2 Å². The Kier molecular flexibility index (Phi) is 6.17. The Morgan fingerprint density at radius 3 is 2.40 bits per heavy atom. The Balaban J connectivity index is 1.94. The highest BCUT2D eigenvalue weighted by atomic mass is 16.2. The van der Waals surface area contributed by atoms with Gasteiger partial charge in [0.2, 0.25) is 11.8 Å². The highest BCUT2D eigenvalue weighted by Crippen LogP contribution is 2.18. The maximum absolute atomic E-state index is 12.2. The van der Waals surface area contributed by atoms with E-state index in [4.69, 9.17) is 5.73 Å².